The third-order valence-electron chi connectivity index (χ3n) is 1.97. The third-order valence-corrected chi connectivity index (χ3v) is 2.56. The van der Waals surface area contributed by atoms with E-state index in [1.165, 1.54) is 30.3 Å². The molecule has 0 N–H and O–H groups in total. The summed E-state index contributed by atoms with van der Waals surface area (Å²) in [5.74, 6) is -0.352. The second kappa shape index (κ2) is 7.01. The fraction of sp³-hybridized carbons (Fsp3) is 0.250. The zero-order chi connectivity index (χ0) is 14.3. The molecule has 0 aliphatic heterocycles. The molecule has 0 aliphatic rings. The van der Waals surface area contributed by atoms with E-state index in [9.17, 15) is 12.8 Å². The minimum absolute atomic E-state index is 0.0222. The van der Waals surface area contributed by atoms with Gasteiger partial charge in [-0.05, 0) is 30.3 Å². The lowest BCUT2D eigenvalue weighted by Gasteiger charge is -2.03. The quantitative estimate of drug-likeness (QED) is 0.331. The lowest BCUT2D eigenvalue weighted by atomic mass is 10.1. The molecule has 0 radical (unpaired) electrons. The van der Waals surface area contributed by atoms with Crippen LogP contribution in [0.5, 0.6) is 0 Å². The van der Waals surface area contributed by atoms with E-state index < -0.39 is 10.1 Å². The van der Waals surface area contributed by atoms with Gasteiger partial charge in [0.15, 0.2) is 0 Å². The highest BCUT2D eigenvalue weighted by Crippen LogP contribution is 2.05. The summed E-state index contributed by atoms with van der Waals surface area (Å²) in [5, 5.41) is 3.76. The standard InChI is InChI=1S/C12H14FNO4S/c1-3-12(10-4-6-11(13)7-5-10)14-17-8-9-18-19(2,15)16/h3-7H,1,8-9H2,2H3/b14-12+. The largest absolute Gasteiger partial charge is 0.393 e. The molecule has 1 rings (SSSR count). The maximum Gasteiger partial charge on any atom is 0.264 e. The van der Waals surface area contributed by atoms with Gasteiger partial charge in [-0.25, -0.2) is 4.39 Å². The molecule has 104 valence electrons. The Labute approximate surface area is 111 Å². The molecular formula is C12H14FNO4S. The van der Waals surface area contributed by atoms with Crippen LogP contribution in [-0.2, 0) is 19.1 Å². The summed E-state index contributed by atoms with van der Waals surface area (Å²) >= 11 is 0. The maximum atomic E-state index is 12.7. The van der Waals surface area contributed by atoms with Crippen LogP contribution in [0.4, 0.5) is 4.39 Å². The number of nitrogens with zero attached hydrogens (tertiary/aromatic N) is 1. The molecule has 0 unspecified atom stereocenters. The second-order valence-electron chi connectivity index (χ2n) is 3.55. The molecule has 7 heteroatoms. The fourth-order valence-electron chi connectivity index (χ4n) is 1.17. The Hall–Kier alpha value is -1.73. The average molecular weight is 287 g/mol. The highest BCUT2D eigenvalue weighted by atomic mass is 32.2. The monoisotopic (exact) mass is 287 g/mol. The molecule has 5 nitrogen and oxygen atoms in total. The summed E-state index contributed by atoms with van der Waals surface area (Å²) in [6.45, 7) is 3.42. The Morgan fingerprint density at radius 2 is 2.00 bits per heavy atom. The van der Waals surface area contributed by atoms with Gasteiger partial charge in [-0.3, -0.25) is 4.18 Å². The first-order chi connectivity index (χ1) is 8.92. The number of oxime groups is 1. The lowest BCUT2D eigenvalue weighted by molar-refractivity contribution is 0.110. The number of halogens is 1. The van der Waals surface area contributed by atoms with Crippen LogP contribution in [0.1, 0.15) is 5.56 Å². The molecule has 0 saturated heterocycles. The SMILES string of the molecule is C=C/C(=N\OCCOS(C)(=O)=O)c1ccc(F)cc1. The minimum atomic E-state index is -3.48. The average Bonchev–Trinajstić information content (AvgIpc) is 2.34. The van der Waals surface area contributed by atoms with E-state index in [-0.39, 0.29) is 19.0 Å². The highest BCUT2D eigenvalue weighted by molar-refractivity contribution is 7.85. The van der Waals surface area contributed by atoms with Crippen LogP contribution in [0.2, 0.25) is 0 Å². The summed E-state index contributed by atoms with van der Waals surface area (Å²) in [5.41, 5.74) is 1.06. The van der Waals surface area contributed by atoms with Crippen LogP contribution < -0.4 is 0 Å². The summed E-state index contributed by atoms with van der Waals surface area (Å²) in [4.78, 5) is 4.90. The second-order valence-corrected chi connectivity index (χ2v) is 5.19. The van der Waals surface area contributed by atoms with Crippen LogP contribution >= 0.6 is 0 Å². The highest BCUT2D eigenvalue weighted by Gasteiger charge is 2.02. The maximum absolute atomic E-state index is 12.7. The molecule has 0 bridgehead atoms. The molecule has 0 spiro atoms. The van der Waals surface area contributed by atoms with Crippen LogP contribution in [0.3, 0.4) is 0 Å². The summed E-state index contributed by atoms with van der Waals surface area (Å²) in [7, 11) is -3.48. The van der Waals surface area contributed by atoms with E-state index >= 15 is 0 Å². The van der Waals surface area contributed by atoms with Gasteiger partial charge < -0.3 is 4.84 Å². The molecule has 0 saturated carbocycles. The molecule has 0 atom stereocenters. The van der Waals surface area contributed by atoms with E-state index in [4.69, 9.17) is 4.84 Å². The number of benzene rings is 1. The first kappa shape index (κ1) is 15.3. The van der Waals surface area contributed by atoms with Crippen LogP contribution in [0.25, 0.3) is 0 Å². The van der Waals surface area contributed by atoms with Gasteiger partial charge in [0.05, 0.1) is 6.26 Å². The van der Waals surface area contributed by atoms with Gasteiger partial charge in [0.1, 0.15) is 24.7 Å². The van der Waals surface area contributed by atoms with E-state index in [0.717, 1.165) is 6.26 Å². The molecular weight excluding hydrogens is 273 g/mol. The van der Waals surface area contributed by atoms with Gasteiger partial charge in [0, 0.05) is 5.56 Å². The van der Waals surface area contributed by atoms with Crippen molar-refractivity contribution in [1.29, 1.82) is 0 Å². The Morgan fingerprint density at radius 3 is 2.53 bits per heavy atom. The molecule has 0 aromatic heterocycles. The first-order valence-corrected chi connectivity index (χ1v) is 7.17. The van der Waals surface area contributed by atoms with Crippen molar-refractivity contribution in [1.82, 2.24) is 0 Å². The van der Waals surface area contributed by atoms with Gasteiger partial charge in [0.2, 0.25) is 0 Å². The summed E-state index contributed by atoms with van der Waals surface area (Å²) in [6.07, 6.45) is 2.40. The zero-order valence-electron chi connectivity index (χ0n) is 10.4. The Kier molecular flexibility index (Phi) is 5.65. The predicted molar refractivity (Wildman–Crippen MR) is 69.9 cm³/mol. The topological polar surface area (TPSA) is 65.0 Å². The molecule has 0 heterocycles. The van der Waals surface area contributed by atoms with Crippen molar-refractivity contribution in [3.8, 4) is 0 Å². The first-order valence-electron chi connectivity index (χ1n) is 5.35. The Balaban J connectivity index is 2.53. The number of rotatable bonds is 7. The number of hydrogen-bond acceptors (Lipinski definition) is 5. The molecule has 1 aromatic carbocycles. The van der Waals surface area contributed by atoms with Gasteiger partial charge in [-0.15, -0.1) is 0 Å². The summed E-state index contributed by atoms with van der Waals surface area (Å²) < 4.78 is 38.6. The van der Waals surface area contributed by atoms with Crippen molar-refractivity contribution in [2.24, 2.45) is 5.16 Å². The smallest absolute Gasteiger partial charge is 0.264 e. The Bertz CT molecular complexity index is 552. The van der Waals surface area contributed by atoms with E-state index in [1.807, 2.05) is 0 Å². The van der Waals surface area contributed by atoms with E-state index in [1.54, 1.807) is 0 Å². The molecule has 0 fully saturated rings. The number of hydrogen-bond donors (Lipinski definition) is 0. The van der Waals surface area contributed by atoms with Gasteiger partial charge >= 0.3 is 0 Å². The van der Waals surface area contributed by atoms with Crippen molar-refractivity contribution < 1.29 is 21.8 Å². The van der Waals surface area contributed by atoms with Crippen molar-refractivity contribution in [2.75, 3.05) is 19.5 Å². The molecule has 0 aliphatic carbocycles. The van der Waals surface area contributed by atoms with Gasteiger partial charge in [-0.1, -0.05) is 11.7 Å². The van der Waals surface area contributed by atoms with Crippen LogP contribution in [0.15, 0.2) is 42.1 Å². The molecule has 19 heavy (non-hydrogen) atoms. The van der Waals surface area contributed by atoms with Crippen molar-refractivity contribution in [3.05, 3.63) is 48.3 Å². The lowest BCUT2D eigenvalue weighted by Crippen LogP contribution is -2.08. The van der Waals surface area contributed by atoms with E-state index in [0.29, 0.717) is 11.3 Å². The van der Waals surface area contributed by atoms with Crippen molar-refractivity contribution in [2.45, 2.75) is 0 Å². The molecule has 1 aromatic rings. The minimum Gasteiger partial charge on any atom is -0.393 e. The van der Waals surface area contributed by atoms with E-state index in [2.05, 4.69) is 15.9 Å². The summed E-state index contributed by atoms with van der Waals surface area (Å²) in [6, 6.07) is 5.65. The number of allylic oxidation sites excluding steroid dienone is 1. The van der Waals surface area contributed by atoms with Crippen molar-refractivity contribution in [3.63, 3.8) is 0 Å². The van der Waals surface area contributed by atoms with Crippen LogP contribution in [0, 0.1) is 5.82 Å². The van der Waals surface area contributed by atoms with Gasteiger partial charge in [0.25, 0.3) is 10.1 Å². The van der Waals surface area contributed by atoms with Gasteiger partial charge in [-0.2, -0.15) is 8.42 Å². The predicted octanol–water partition coefficient (Wildman–Crippen LogP) is 1.71. The van der Waals surface area contributed by atoms with Crippen LogP contribution in [-0.4, -0.2) is 33.6 Å². The van der Waals surface area contributed by atoms with Crippen molar-refractivity contribution >= 4 is 15.8 Å². The zero-order valence-corrected chi connectivity index (χ0v) is 11.2. The molecule has 0 amide bonds. The fourth-order valence-corrected chi connectivity index (χ4v) is 1.54. The third kappa shape index (κ3) is 6.12. The normalized spacial score (nSPS) is 12.2. The Morgan fingerprint density at radius 1 is 1.37 bits per heavy atom.